The predicted molar refractivity (Wildman–Crippen MR) is 156 cm³/mol. The van der Waals surface area contributed by atoms with Gasteiger partial charge in [0.2, 0.25) is 0 Å². The van der Waals surface area contributed by atoms with Gasteiger partial charge in [-0.3, -0.25) is 4.79 Å². The molecule has 0 amide bonds. The van der Waals surface area contributed by atoms with Crippen LogP contribution >= 0.6 is 0 Å². The number of hydrogen-bond donors (Lipinski definition) is 0. The average molecular weight is 495 g/mol. The quantitative estimate of drug-likeness (QED) is 0.0798. The first-order valence-electron chi connectivity index (χ1n) is 16.3. The molecule has 2 atom stereocenters. The topological polar surface area (TPSA) is 26.3 Å². The monoisotopic (exact) mass is 495 g/mol. The SMILES string of the molecule is CCCCCCCCCCCCCCC(CCC)COC(=O)C(C)CCCCCCCCCCC. The number of carbonyl (C=O) groups is 1. The third-order valence-electron chi connectivity index (χ3n) is 7.77. The molecule has 0 saturated heterocycles. The van der Waals surface area contributed by atoms with Gasteiger partial charge in [-0.15, -0.1) is 0 Å². The molecule has 2 nitrogen and oxygen atoms in total. The van der Waals surface area contributed by atoms with Crippen LogP contribution in [-0.4, -0.2) is 12.6 Å². The van der Waals surface area contributed by atoms with Gasteiger partial charge in [-0.05, 0) is 25.2 Å². The lowest BCUT2D eigenvalue weighted by atomic mass is 9.96. The van der Waals surface area contributed by atoms with E-state index in [1.54, 1.807) is 0 Å². The molecule has 0 radical (unpaired) electrons. The van der Waals surface area contributed by atoms with Crippen molar-refractivity contribution in [2.24, 2.45) is 11.8 Å². The fourth-order valence-electron chi connectivity index (χ4n) is 5.21. The van der Waals surface area contributed by atoms with E-state index in [0.717, 1.165) is 6.42 Å². The molecular weight excluding hydrogens is 428 g/mol. The van der Waals surface area contributed by atoms with E-state index in [1.165, 1.54) is 154 Å². The molecule has 0 aliphatic carbocycles. The van der Waals surface area contributed by atoms with E-state index < -0.39 is 0 Å². The first kappa shape index (κ1) is 34.5. The van der Waals surface area contributed by atoms with Gasteiger partial charge in [-0.1, -0.05) is 169 Å². The van der Waals surface area contributed by atoms with E-state index in [0.29, 0.717) is 12.5 Å². The van der Waals surface area contributed by atoms with Crippen LogP contribution in [0.15, 0.2) is 0 Å². The fourth-order valence-corrected chi connectivity index (χ4v) is 5.21. The molecule has 0 aliphatic rings. The van der Waals surface area contributed by atoms with E-state index >= 15 is 0 Å². The van der Waals surface area contributed by atoms with Gasteiger partial charge in [0.15, 0.2) is 0 Å². The molecule has 0 rings (SSSR count). The first-order chi connectivity index (χ1) is 17.2. The molecule has 0 bridgehead atoms. The van der Waals surface area contributed by atoms with Crippen LogP contribution in [0.25, 0.3) is 0 Å². The van der Waals surface area contributed by atoms with Crippen LogP contribution in [0.2, 0.25) is 0 Å². The van der Waals surface area contributed by atoms with E-state index in [2.05, 4.69) is 27.7 Å². The van der Waals surface area contributed by atoms with Crippen LogP contribution < -0.4 is 0 Å². The summed E-state index contributed by atoms with van der Waals surface area (Å²) in [5, 5.41) is 0. The lowest BCUT2D eigenvalue weighted by molar-refractivity contribution is -0.149. The fraction of sp³-hybridized carbons (Fsp3) is 0.970. The molecule has 0 aromatic heterocycles. The number of rotatable bonds is 28. The highest BCUT2D eigenvalue weighted by molar-refractivity contribution is 5.71. The second-order valence-electron chi connectivity index (χ2n) is 11.5. The van der Waals surface area contributed by atoms with Crippen LogP contribution in [0.3, 0.4) is 0 Å². The van der Waals surface area contributed by atoms with E-state index in [9.17, 15) is 4.79 Å². The van der Waals surface area contributed by atoms with Gasteiger partial charge in [0, 0.05) is 0 Å². The Bertz CT molecular complexity index is 419. The minimum atomic E-state index is 0.0420. The summed E-state index contributed by atoms with van der Waals surface area (Å²) in [7, 11) is 0. The van der Waals surface area contributed by atoms with Crippen molar-refractivity contribution in [3.05, 3.63) is 0 Å². The molecule has 0 heterocycles. The van der Waals surface area contributed by atoms with Crippen molar-refractivity contribution in [2.45, 2.75) is 188 Å². The Kier molecular flexibility index (Phi) is 27.6. The normalized spacial score (nSPS) is 13.1. The van der Waals surface area contributed by atoms with Crippen molar-refractivity contribution in [2.75, 3.05) is 6.61 Å². The number of carbonyl (C=O) groups excluding carboxylic acids is 1. The highest BCUT2D eigenvalue weighted by Crippen LogP contribution is 2.20. The van der Waals surface area contributed by atoms with Gasteiger partial charge in [0.1, 0.15) is 0 Å². The van der Waals surface area contributed by atoms with Crippen LogP contribution in [0, 0.1) is 11.8 Å². The zero-order valence-electron chi connectivity index (χ0n) is 24.9. The molecule has 0 aromatic carbocycles. The Hall–Kier alpha value is -0.530. The van der Waals surface area contributed by atoms with Crippen LogP contribution in [-0.2, 0) is 9.53 Å². The molecule has 0 N–H and O–H groups in total. The average Bonchev–Trinajstić information content (AvgIpc) is 2.86. The Morgan fingerprint density at radius 2 is 0.857 bits per heavy atom. The van der Waals surface area contributed by atoms with Gasteiger partial charge in [0.05, 0.1) is 12.5 Å². The summed E-state index contributed by atoms with van der Waals surface area (Å²) in [6.07, 6.45) is 33.4. The van der Waals surface area contributed by atoms with Crippen LogP contribution in [0.5, 0.6) is 0 Å². The summed E-state index contributed by atoms with van der Waals surface area (Å²) >= 11 is 0. The highest BCUT2D eigenvalue weighted by atomic mass is 16.5. The van der Waals surface area contributed by atoms with Crippen molar-refractivity contribution < 1.29 is 9.53 Å². The van der Waals surface area contributed by atoms with Gasteiger partial charge < -0.3 is 4.74 Å². The highest BCUT2D eigenvalue weighted by Gasteiger charge is 2.17. The maximum Gasteiger partial charge on any atom is 0.308 e. The summed E-state index contributed by atoms with van der Waals surface area (Å²) in [5.74, 6) is 0.667. The molecule has 0 fully saturated rings. The first-order valence-corrected chi connectivity index (χ1v) is 16.3. The van der Waals surface area contributed by atoms with E-state index in [4.69, 9.17) is 4.74 Å². The van der Waals surface area contributed by atoms with Crippen molar-refractivity contribution in [1.82, 2.24) is 0 Å². The van der Waals surface area contributed by atoms with Crippen molar-refractivity contribution >= 4 is 5.97 Å². The Labute approximate surface area is 222 Å². The standard InChI is InChI=1S/C33H66O2/c1-5-8-10-12-14-16-17-18-20-22-24-26-29-32(27-7-3)30-35-33(34)31(4)28-25-23-21-19-15-13-11-9-6-2/h31-32H,5-30H2,1-4H3. The Morgan fingerprint density at radius 3 is 1.26 bits per heavy atom. The van der Waals surface area contributed by atoms with Gasteiger partial charge in [0.25, 0.3) is 0 Å². The minimum Gasteiger partial charge on any atom is -0.465 e. The van der Waals surface area contributed by atoms with E-state index in [1.807, 2.05) is 0 Å². The minimum absolute atomic E-state index is 0.0420. The molecule has 35 heavy (non-hydrogen) atoms. The lowest BCUT2D eigenvalue weighted by Gasteiger charge is -2.18. The third kappa shape index (κ3) is 24.9. The maximum absolute atomic E-state index is 12.5. The molecule has 2 unspecified atom stereocenters. The predicted octanol–water partition coefficient (Wildman–Crippen LogP) is 11.6. The van der Waals surface area contributed by atoms with Crippen LogP contribution in [0.1, 0.15) is 188 Å². The smallest absolute Gasteiger partial charge is 0.308 e. The molecule has 0 aliphatic heterocycles. The molecule has 0 spiro atoms. The summed E-state index contributed by atoms with van der Waals surface area (Å²) in [5.41, 5.74) is 0. The summed E-state index contributed by atoms with van der Waals surface area (Å²) < 4.78 is 5.77. The zero-order chi connectivity index (χ0) is 25.8. The third-order valence-corrected chi connectivity index (χ3v) is 7.77. The van der Waals surface area contributed by atoms with Crippen molar-refractivity contribution in [1.29, 1.82) is 0 Å². The van der Waals surface area contributed by atoms with Crippen molar-refractivity contribution in [3.8, 4) is 0 Å². The molecule has 210 valence electrons. The van der Waals surface area contributed by atoms with Crippen molar-refractivity contribution in [3.63, 3.8) is 0 Å². The number of ether oxygens (including phenoxy) is 1. The Balaban J connectivity index is 3.69. The van der Waals surface area contributed by atoms with Gasteiger partial charge in [-0.2, -0.15) is 0 Å². The van der Waals surface area contributed by atoms with Crippen LogP contribution in [0.4, 0.5) is 0 Å². The molecule has 0 saturated carbocycles. The number of unbranched alkanes of at least 4 members (excludes halogenated alkanes) is 19. The summed E-state index contributed by atoms with van der Waals surface area (Å²) in [4.78, 5) is 12.5. The number of esters is 1. The number of hydrogen-bond acceptors (Lipinski definition) is 2. The molecule has 0 aromatic rings. The van der Waals surface area contributed by atoms with E-state index in [-0.39, 0.29) is 11.9 Å². The van der Waals surface area contributed by atoms with Gasteiger partial charge in [-0.25, -0.2) is 0 Å². The summed E-state index contributed by atoms with van der Waals surface area (Å²) in [6, 6.07) is 0. The lowest BCUT2D eigenvalue weighted by Crippen LogP contribution is -2.19. The Morgan fingerprint density at radius 1 is 0.486 bits per heavy atom. The zero-order valence-corrected chi connectivity index (χ0v) is 24.9. The second kappa shape index (κ2) is 28.0. The second-order valence-corrected chi connectivity index (χ2v) is 11.5. The maximum atomic E-state index is 12.5. The largest absolute Gasteiger partial charge is 0.465 e. The molecular formula is C33H66O2. The molecule has 2 heteroatoms. The van der Waals surface area contributed by atoms with Gasteiger partial charge >= 0.3 is 5.97 Å². The summed E-state index contributed by atoms with van der Waals surface area (Å²) in [6.45, 7) is 9.52.